The summed E-state index contributed by atoms with van der Waals surface area (Å²) in [5.74, 6) is 2.06. The predicted octanol–water partition coefficient (Wildman–Crippen LogP) is 4.86. The molecular formula is C18H21ClO. The van der Waals surface area contributed by atoms with Gasteiger partial charge < -0.3 is 4.74 Å². The minimum atomic E-state index is 0.460. The topological polar surface area (TPSA) is 9.23 Å². The van der Waals surface area contributed by atoms with Crippen molar-refractivity contribution in [3.63, 3.8) is 0 Å². The van der Waals surface area contributed by atoms with Crippen LogP contribution < -0.4 is 4.74 Å². The van der Waals surface area contributed by atoms with E-state index in [-0.39, 0.29) is 0 Å². The van der Waals surface area contributed by atoms with Crippen LogP contribution in [0.4, 0.5) is 0 Å². The highest BCUT2D eigenvalue weighted by molar-refractivity contribution is 6.18. The Labute approximate surface area is 126 Å². The molecule has 0 spiro atoms. The van der Waals surface area contributed by atoms with Crippen LogP contribution >= 0.6 is 11.6 Å². The van der Waals surface area contributed by atoms with Crippen LogP contribution in [-0.2, 0) is 6.42 Å². The van der Waals surface area contributed by atoms with Crippen molar-refractivity contribution in [2.45, 2.75) is 19.8 Å². The molecule has 2 heteroatoms. The van der Waals surface area contributed by atoms with Crippen LogP contribution in [0.25, 0.3) is 0 Å². The van der Waals surface area contributed by atoms with E-state index in [2.05, 4.69) is 31.2 Å². The standard InChI is InChI=1S/C18H21ClO/c1-15-7-5-6-8-17(15)13-16(14-19)11-12-20-18-9-3-2-4-10-18/h2-10,16H,11-14H2,1H3. The molecule has 0 saturated heterocycles. The summed E-state index contributed by atoms with van der Waals surface area (Å²) in [6.07, 6.45) is 2.00. The Morgan fingerprint density at radius 3 is 2.40 bits per heavy atom. The van der Waals surface area contributed by atoms with Crippen molar-refractivity contribution in [2.24, 2.45) is 5.92 Å². The normalized spacial score (nSPS) is 12.1. The van der Waals surface area contributed by atoms with Crippen LogP contribution in [0, 0.1) is 12.8 Å². The molecule has 0 fully saturated rings. The van der Waals surface area contributed by atoms with Gasteiger partial charge in [0.2, 0.25) is 0 Å². The molecular weight excluding hydrogens is 268 g/mol. The van der Waals surface area contributed by atoms with Crippen molar-refractivity contribution in [3.8, 4) is 5.75 Å². The van der Waals surface area contributed by atoms with Gasteiger partial charge in [0.25, 0.3) is 0 Å². The third-order valence-corrected chi connectivity index (χ3v) is 3.96. The monoisotopic (exact) mass is 288 g/mol. The second-order valence-electron chi connectivity index (χ2n) is 5.10. The molecule has 2 aromatic carbocycles. The Balaban J connectivity index is 1.82. The predicted molar refractivity (Wildman–Crippen MR) is 85.6 cm³/mol. The zero-order valence-corrected chi connectivity index (χ0v) is 12.6. The molecule has 0 bridgehead atoms. The number of halogens is 1. The van der Waals surface area contributed by atoms with Crippen LogP contribution in [0.15, 0.2) is 54.6 Å². The summed E-state index contributed by atoms with van der Waals surface area (Å²) in [6, 6.07) is 18.4. The lowest BCUT2D eigenvalue weighted by atomic mass is 9.95. The molecule has 0 amide bonds. The summed E-state index contributed by atoms with van der Waals surface area (Å²) in [4.78, 5) is 0. The maximum absolute atomic E-state index is 6.10. The first-order valence-corrected chi connectivity index (χ1v) is 7.61. The zero-order valence-electron chi connectivity index (χ0n) is 11.9. The van der Waals surface area contributed by atoms with E-state index < -0.39 is 0 Å². The summed E-state index contributed by atoms with van der Waals surface area (Å²) in [5.41, 5.74) is 2.73. The summed E-state index contributed by atoms with van der Waals surface area (Å²) in [7, 11) is 0. The minimum absolute atomic E-state index is 0.460. The third-order valence-electron chi connectivity index (χ3n) is 3.53. The molecule has 0 N–H and O–H groups in total. The van der Waals surface area contributed by atoms with Crippen molar-refractivity contribution in [2.75, 3.05) is 12.5 Å². The molecule has 0 aliphatic carbocycles. The van der Waals surface area contributed by atoms with Gasteiger partial charge in [-0.25, -0.2) is 0 Å². The lowest BCUT2D eigenvalue weighted by molar-refractivity contribution is 0.284. The van der Waals surface area contributed by atoms with Gasteiger partial charge in [0.15, 0.2) is 0 Å². The fourth-order valence-corrected chi connectivity index (χ4v) is 2.51. The fourth-order valence-electron chi connectivity index (χ4n) is 2.24. The summed E-state index contributed by atoms with van der Waals surface area (Å²) < 4.78 is 5.75. The van der Waals surface area contributed by atoms with Gasteiger partial charge in [-0.1, -0.05) is 42.5 Å². The van der Waals surface area contributed by atoms with E-state index in [1.165, 1.54) is 11.1 Å². The molecule has 2 aromatic rings. The van der Waals surface area contributed by atoms with E-state index in [0.717, 1.165) is 18.6 Å². The van der Waals surface area contributed by atoms with E-state index in [1.807, 2.05) is 30.3 Å². The maximum Gasteiger partial charge on any atom is 0.119 e. The average molecular weight is 289 g/mol. The van der Waals surface area contributed by atoms with E-state index >= 15 is 0 Å². The first-order valence-electron chi connectivity index (χ1n) is 7.08. The Kier molecular flexibility index (Phi) is 5.94. The first kappa shape index (κ1) is 14.9. The minimum Gasteiger partial charge on any atom is -0.494 e. The summed E-state index contributed by atoms with van der Waals surface area (Å²) in [5, 5.41) is 0. The lowest BCUT2D eigenvalue weighted by Crippen LogP contribution is -2.12. The summed E-state index contributed by atoms with van der Waals surface area (Å²) >= 11 is 6.10. The number of ether oxygens (including phenoxy) is 1. The van der Waals surface area contributed by atoms with Gasteiger partial charge in [0.05, 0.1) is 6.61 Å². The number of hydrogen-bond acceptors (Lipinski definition) is 1. The number of hydrogen-bond donors (Lipinski definition) is 0. The molecule has 0 aliphatic rings. The Morgan fingerprint density at radius 2 is 1.70 bits per heavy atom. The molecule has 2 rings (SSSR count). The smallest absolute Gasteiger partial charge is 0.119 e. The molecule has 0 saturated carbocycles. The molecule has 0 aromatic heterocycles. The number of alkyl halides is 1. The fraction of sp³-hybridized carbons (Fsp3) is 0.333. The maximum atomic E-state index is 6.10. The molecule has 20 heavy (non-hydrogen) atoms. The highest BCUT2D eigenvalue weighted by Gasteiger charge is 2.10. The zero-order chi connectivity index (χ0) is 14.2. The van der Waals surface area contributed by atoms with Crippen molar-refractivity contribution in [1.82, 2.24) is 0 Å². The van der Waals surface area contributed by atoms with E-state index in [0.29, 0.717) is 18.4 Å². The average Bonchev–Trinajstić information content (AvgIpc) is 2.49. The number of benzene rings is 2. The van der Waals surface area contributed by atoms with Crippen molar-refractivity contribution in [1.29, 1.82) is 0 Å². The van der Waals surface area contributed by atoms with Crippen molar-refractivity contribution < 1.29 is 4.74 Å². The van der Waals surface area contributed by atoms with Crippen LogP contribution in [-0.4, -0.2) is 12.5 Å². The lowest BCUT2D eigenvalue weighted by Gasteiger charge is -2.16. The largest absolute Gasteiger partial charge is 0.494 e. The Bertz CT molecular complexity index is 510. The van der Waals surface area contributed by atoms with Crippen molar-refractivity contribution in [3.05, 3.63) is 65.7 Å². The van der Waals surface area contributed by atoms with Crippen LogP contribution in [0.5, 0.6) is 5.75 Å². The molecule has 106 valence electrons. The summed E-state index contributed by atoms with van der Waals surface area (Å²) in [6.45, 7) is 2.87. The second kappa shape index (κ2) is 7.96. The van der Waals surface area contributed by atoms with Crippen LogP contribution in [0.2, 0.25) is 0 Å². The van der Waals surface area contributed by atoms with Gasteiger partial charge in [-0.05, 0) is 48.9 Å². The van der Waals surface area contributed by atoms with Gasteiger partial charge in [-0.15, -0.1) is 11.6 Å². The SMILES string of the molecule is Cc1ccccc1CC(CCl)CCOc1ccccc1. The van der Waals surface area contributed by atoms with E-state index in [1.54, 1.807) is 0 Å². The van der Waals surface area contributed by atoms with Gasteiger partial charge >= 0.3 is 0 Å². The Hall–Kier alpha value is -1.47. The number of rotatable bonds is 7. The quantitative estimate of drug-likeness (QED) is 0.661. The number of aryl methyl sites for hydroxylation is 1. The van der Waals surface area contributed by atoms with E-state index in [4.69, 9.17) is 16.3 Å². The first-order chi connectivity index (χ1) is 9.79. The molecule has 1 atom stereocenters. The van der Waals surface area contributed by atoms with Gasteiger partial charge in [-0.2, -0.15) is 0 Å². The van der Waals surface area contributed by atoms with Gasteiger partial charge in [-0.3, -0.25) is 0 Å². The molecule has 0 radical (unpaired) electrons. The Morgan fingerprint density at radius 1 is 1.00 bits per heavy atom. The van der Waals surface area contributed by atoms with Crippen molar-refractivity contribution >= 4 is 11.6 Å². The second-order valence-corrected chi connectivity index (χ2v) is 5.41. The third kappa shape index (κ3) is 4.57. The number of para-hydroxylation sites is 1. The van der Waals surface area contributed by atoms with Gasteiger partial charge in [0, 0.05) is 5.88 Å². The van der Waals surface area contributed by atoms with Crippen LogP contribution in [0.1, 0.15) is 17.5 Å². The highest BCUT2D eigenvalue weighted by atomic mass is 35.5. The molecule has 0 heterocycles. The molecule has 0 aliphatic heterocycles. The van der Waals surface area contributed by atoms with E-state index in [9.17, 15) is 0 Å². The highest BCUT2D eigenvalue weighted by Crippen LogP contribution is 2.18. The molecule has 1 unspecified atom stereocenters. The van der Waals surface area contributed by atoms with Crippen LogP contribution in [0.3, 0.4) is 0 Å². The van der Waals surface area contributed by atoms with Gasteiger partial charge in [0.1, 0.15) is 5.75 Å². The molecule has 1 nitrogen and oxygen atoms in total.